The number of anilines is 1. The van der Waals surface area contributed by atoms with E-state index in [0.717, 1.165) is 5.56 Å². The fourth-order valence-corrected chi connectivity index (χ4v) is 5.13. The fourth-order valence-electron chi connectivity index (χ4n) is 5.13. The number of ketones is 3. The molecule has 1 N–H and O–H groups in total. The average Bonchev–Trinajstić information content (AvgIpc) is 3.38. The molecule has 39 heavy (non-hydrogen) atoms. The van der Waals surface area contributed by atoms with Crippen LogP contribution in [0.4, 0.5) is 5.69 Å². The molecular formula is C30H22NNaO7. The topological polar surface area (TPSA) is 130 Å². The number of hydrogen-bond donors (Lipinski definition) is 1. The van der Waals surface area contributed by atoms with Crippen LogP contribution in [0.5, 0.6) is 0 Å². The molecule has 190 valence electrons. The number of fused-ring (bicyclic) bond motifs is 1. The molecule has 0 radical (unpaired) electrons. The second-order valence-corrected chi connectivity index (χ2v) is 9.24. The maximum absolute atomic E-state index is 13.6. The molecular weight excluding hydrogens is 509 g/mol. The van der Waals surface area contributed by atoms with Crippen molar-refractivity contribution in [1.82, 2.24) is 0 Å². The summed E-state index contributed by atoms with van der Waals surface area (Å²) in [5.74, 6) is -7.67. The number of nitrogens with one attached hydrogen (secondary N) is 1. The Morgan fingerprint density at radius 2 is 1.44 bits per heavy atom. The summed E-state index contributed by atoms with van der Waals surface area (Å²) >= 11 is 0. The summed E-state index contributed by atoms with van der Waals surface area (Å²) in [5.41, 5.74) is -0.882. The Balaban J connectivity index is 0.00000353. The number of carbonyl (C=O) groups excluding carboxylic acids is 5. The number of carboxylic acids is 1. The van der Waals surface area contributed by atoms with Gasteiger partial charge >= 0.3 is 29.6 Å². The number of hydrogen-bond acceptors (Lipinski definition) is 7. The summed E-state index contributed by atoms with van der Waals surface area (Å²) in [6.07, 6.45) is 1.87. The van der Waals surface area contributed by atoms with E-state index >= 15 is 0 Å². The Hall–Kier alpha value is -3.69. The van der Waals surface area contributed by atoms with Crippen molar-refractivity contribution in [2.75, 3.05) is 5.32 Å². The number of carboxylic acid groups (broad SMARTS) is 1. The first-order chi connectivity index (χ1) is 18.2. The molecule has 1 heterocycles. The summed E-state index contributed by atoms with van der Waals surface area (Å²) in [6, 6.07) is 21.1. The minimum Gasteiger partial charge on any atom is -0.550 e. The Morgan fingerprint density at radius 3 is 1.97 bits per heavy atom. The molecule has 5 rings (SSSR count). The molecule has 1 aliphatic heterocycles. The molecule has 9 heteroatoms. The third-order valence-corrected chi connectivity index (χ3v) is 6.96. The van der Waals surface area contributed by atoms with E-state index in [4.69, 9.17) is 4.74 Å². The van der Waals surface area contributed by atoms with Crippen LogP contribution in [0, 0.1) is 11.8 Å². The van der Waals surface area contributed by atoms with Crippen molar-refractivity contribution in [3.05, 3.63) is 107 Å². The molecule has 1 aliphatic carbocycles. The Labute approximate surface area is 246 Å². The van der Waals surface area contributed by atoms with Crippen LogP contribution in [0.25, 0.3) is 6.08 Å². The summed E-state index contributed by atoms with van der Waals surface area (Å²) in [7, 11) is 0. The van der Waals surface area contributed by atoms with Crippen molar-refractivity contribution in [2.45, 2.75) is 18.6 Å². The largest absolute Gasteiger partial charge is 1.00 e. The summed E-state index contributed by atoms with van der Waals surface area (Å²) in [6.45, 7) is 1.41. The van der Waals surface area contributed by atoms with Crippen LogP contribution in [0.15, 0.2) is 84.9 Å². The van der Waals surface area contributed by atoms with Gasteiger partial charge in [-0.15, -0.1) is 0 Å². The Morgan fingerprint density at radius 1 is 0.872 bits per heavy atom. The molecule has 3 unspecified atom stereocenters. The van der Waals surface area contributed by atoms with Gasteiger partial charge in [0.15, 0.2) is 5.78 Å². The predicted octanol–water partition coefficient (Wildman–Crippen LogP) is -0.256. The van der Waals surface area contributed by atoms with E-state index < -0.39 is 47.0 Å². The van der Waals surface area contributed by atoms with Crippen molar-refractivity contribution in [2.24, 2.45) is 11.8 Å². The molecule has 1 saturated heterocycles. The van der Waals surface area contributed by atoms with Gasteiger partial charge in [0, 0.05) is 28.3 Å². The van der Waals surface area contributed by atoms with E-state index in [-0.39, 0.29) is 46.5 Å². The van der Waals surface area contributed by atoms with E-state index in [1.54, 1.807) is 42.5 Å². The van der Waals surface area contributed by atoms with E-state index in [9.17, 15) is 29.1 Å². The number of Topliss-reactive ketones (excluding diaryl/α,β-unsaturated/α-hetero) is 3. The zero-order valence-electron chi connectivity index (χ0n) is 21.3. The minimum absolute atomic E-state index is 0. The summed E-state index contributed by atoms with van der Waals surface area (Å²) in [5, 5.41) is 15.2. The van der Waals surface area contributed by atoms with Crippen LogP contribution in [0.2, 0.25) is 0 Å². The SMILES string of the molecule is CC(=O)c1ccc(NC(=O)C2C(/C=C/c3ccccc3)OC3(C(=O)c4ccccc4C3=O)C2C(=O)[O-])cc1.[Na+]. The van der Waals surface area contributed by atoms with Gasteiger partial charge in [-0.2, -0.15) is 0 Å². The molecule has 1 fully saturated rings. The molecule has 3 aromatic rings. The van der Waals surface area contributed by atoms with Crippen LogP contribution in [-0.4, -0.2) is 40.9 Å². The normalized spacial score (nSPS) is 21.0. The van der Waals surface area contributed by atoms with Gasteiger partial charge in [-0.1, -0.05) is 66.7 Å². The second-order valence-electron chi connectivity index (χ2n) is 9.24. The van der Waals surface area contributed by atoms with E-state index in [1.807, 2.05) is 6.07 Å². The molecule has 0 bridgehead atoms. The molecule has 3 atom stereocenters. The first-order valence-corrected chi connectivity index (χ1v) is 12.0. The zero-order chi connectivity index (χ0) is 27.0. The number of rotatable bonds is 6. The van der Waals surface area contributed by atoms with Crippen LogP contribution in [0.1, 0.15) is 43.6 Å². The standard InChI is InChI=1S/C30H23NO7.Na/c1-17(32)19-12-14-20(15-13-19)31-28(35)24-23(16-11-18-7-3-2-4-8-18)38-30(25(24)29(36)37)26(33)21-9-5-6-10-22(21)27(30)34;/h2-16,23-25H,1H3,(H,31,35)(H,36,37);/q;+1/p-1/b16-11+;. The van der Waals surface area contributed by atoms with Crippen molar-refractivity contribution in [3.63, 3.8) is 0 Å². The minimum atomic E-state index is -2.44. The van der Waals surface area contributed by atoms with Gasteiger partial charge in [0.25, 0.3) is 0 Å². The predicted molar refractivity (Wildman–Crippen MR) is 135 cm³/mol. The molecule has 0 aromatic heterocycles. The maximum atomic E-state index is 13.6. The van der Waals surface area contributed by atoms with E-state index in [2.05, 4.69) is 5.32 Å². The van der Waals surface area contributed by atoms with Gasteiger partial charge < -0.3 is 20.0 Å². The number of aliphatic carboxylic acids is 1. The quantitative estimate of drug-likeness (QED) is 0.264. The molecule has 8 nitrogen and oxygen atoms in total. The maximum Gasteiger partial charge on any atom is 1.00 e. The van der Waals surface area contributed by atoms with Crippen LogP contribution in [0.3, 0.4) is 0 Å². The van der Waals surface area contributed by atoms with E-state index in [1.165, 1.54) is 49.4 Å². The monoisotopic (exact) mass is 531 g/mol. The number of carbonyl (C=O) groups is 5. The first-order valence-electron chi connectivity index (χ1n) is 12.0. The summed E-state index contributed by atoms with van der Waals surface area (Å²) < 4.78 is 6.02. The second kappa shape index (κ2) is 11.2. The van der Waals surface area contributed by atoms with Crippen molar-refractivity contribution in [1.29, 1.82) is 0 Å². The van der Waals surface area contributed by atoms with E-state index in [0.29, 0.717) is 11.3 Å². The van der Waals surface area contributed by atoms with Crippen LogP contribution < -0.4 is 40.0 Å². The molecule has 3 aromatic carbocycles. The molecule has 2 aliphatic rings. The van der Waals surface area contributed by atoms with Crippen LogP contribution >= 0.6 is 0 Å². The van der Waals surface area contributed by atoms with Crippen molar-refractivity contribution < 1.29 is 63.4 Å². The van der Waals surface area contributed by atoms with Crippen molar-refractivity contribution >= 4 is 41.0 Å². The number of benzene rings is 3. The number of ether oxygens (including phenoxy) is 1. The third-order valence-electron chi connectivity index (χ3n) is 6.96. The summed E-state index contributed by atoms with van der Waals surface area (Å²) in [4.78, 5) is 64.9. The van der Waals surface area contributed by atoms with Crippen LogP contribution in [-0.2, 0) is 14.3 Å². The molecule has 1 amide bonds. The molecule has 1 spiro atoms. The fraction of sp³-hybridized carbons (Fsp3) is 0.167. The number of amides is 1. The van der Waals surface area contributed by atoms with Crippen molar-refractivity contribution in [3.8, 4) is 0 Å². The van der Waals surface area contributed by atoms with Gasteiger partial charge in [0.05, 0.1) is 17.9 Å². The average molecular weight is 531 g/mol. The van der Waals surface area contributed by atoms with Gasteiger partial charge in [-0.25, -0.2) is 0 Å². The first kappa shape index (κ1) is 28.3. The van der Waals surface area contributed by atoms with Gasteiger partial charge in [0.1, 0.15) is 0 Å². The Bertz CT molecular complexity index is 1460. The third kappa shape index (κ3) is 4.92. The van der Waals surface area contributed by atoms with Gasteiger partial charge in [0.2, 0.25) is 23.1 Å². The van der Waals surface area contributed by atoms with Gasteiger partial charge in [-0.3, -0.25) is 19.2 Å². The zero-order valence-corrected chi connectivity index (χ0v) is 23.3. The van der Waals surface area contributed by atoms with Gasteiger partial charge in [-0.05, 0) is 36.8 Å². The smallest absolute Gasteiger partial charge is 0.550 e. The Kier molecular flexibility index (Phi) is 8.13. The molecule has 0 saturated carbocycles.